The Hall–Kier alpha value is -1.40. The number of amides is 1. The molecule has 1 spiro atoms. The third-order valence-electron chi connectivity index (χ3n) is 6.12. The average molecular weight is 333 g/mol. The summed E-state index contributed by atoms with van der Waals surface area (Å²) in [5.74, 6) is 1.12. The zero-order valence-electron chi connectivity index (χ0n) is 14.7. The number of aryl methyl sites for hydroxylation is 2. The van der Waals surface area contributed by atoms with Crippen LogP contribution in [0.25, 0.3) is 0 Å². The number of carbonyl (C=O) groups is 1. The van der Waals surface area contributed by atoms with E-state index in [1.54, 1.807) is 0 Å². The second-order valence-electron chi connectivity index (χ2n) is 7.56. The van der Waals surface area contributed by atoms with Gasteiger partial charge in [0.15, 0.2) is 0 Å². The van der Waals surface area contributed by atoms with Crippen molar-refractivity contribution in [2.24, 2.45) is 0 Å². The van der Waals surface area contributed by atoms with E-state index in [1.807, 2.05) is 13.8 Å². The number of carbonyl (C=O) groups excluding carboxylic acids is 1. The Labute approximate surface area is 143 Å². The molecule has 3 aliphatic rings. The molecule has 2 atom stereocenters. The van der Waals surface area contributed by atoms with E-state index in [2.05, 4.69) is 15.0 Å². The summed E-state index contributed by atoms with van der Waals surface area (Å²) in [5.41, 5.74) is 2.33. The van der Waals surface area contributed by atoms with Crippen LogP contribution in [0, 0.1) is 13.8 Å². The molecule has 6 heteroatoms. The van der Waals surface area contributed by atoms with Crippen LogP contribution in [0.5, 0.6) is 0 Å². The lowest BCUT2D eigenvalue weighted by Crippen LogP contribution is -2.67. The van der Waals surface area contributed by atoms with Gasteiger partial charge < -0.3 is 14.2 Å². The Morgan fingerprint density at radius 3 is 2.79 bits per heavy atom. The molecule has 0 aromatic carbocycles. The van der Waals surface area contributed by atoms with E-state index in [9.17, 15) is 4.79 Å². The van der Waals surface area contributed by atoms with Crippen LogP contribution in [0.15, 0.2) is 4.52 Å². The van der Waals surface area contributed by atoms with Gasteiger partial charge in [0.2, 0.25) is 0 Å². The van der Waals surface area contributed by atoms with Crippen LogP contribution in [-0.4, -0.2) is 58.7 Å². The van der Waals surface area contributed by atoms with Crippen molar-refractivity contribution in [3.8, 4) is 0 Å². The Balaban J connectivity index is 1.45. The van der Waals surface area contributed by atoms with Crippen molar-refractivity contribution in [2.75, 3.05) is 26.2 Å². The second-order valence-corrected chi connectivity index (χ2v) is 7.56. The molecule has 0 N–H and O–H groups in total. The fourth-order valence-corrected chi connectivity index (χ4v) is 4.49. The van der Waals surface area contributed by atoms with E-state index in [0.717, 1.165) is 63.5 Å². The van der Waals surface area contributed by atoms with Gasteiger partial charge in [-0.05, 0) is 46.0 Å². The highest BCUT2D eigenvalue weighted by Crippen LogP contribution is 2.40. The maximum absolute atomic E-state index is 12.7. The molecule has 4 heterocycles. The predicted molar refractivity (Wildman–Crippen MR) is 88.5 cm³/mol. The van der Waals surface area contributed by atoms with Crippen LogP contribution in [0.2, 0.25) is 0 Å². The number of rotatable bonds is 3. The van der Waals surface area contributed by atoms with Gasteiger partial charge in [0, 0.05) is 43.9 Å². The van der Waals surface area contributed by atoms with Gasteiger partial charge in [-0.1, -0.05) is 5.16 Å². The molecular weight excluding hydrogens is 306 g/mol. The maximum Gasteiger partial charge on any atom is 0.251 e. The lowest BCUT2D eigenvalue weighted by atomic mass is 9.77. The molecule has 3 aliphatic heterocycles. The number of hydrogen-bond donors (Lipinski definition) is 0. The highest BCUT2D eigenvalue weighted by Gasteiger charge is 2.48. The van der Waals surface area contributed by atoms with E-state index in [0.29, 0.717) is 0 Å². The van der Waals surface area contributed by atoms with Crippen LogP contribution < -0.4 is 0 Å². The number of nitrogens with zero attached hydrogens (tertiary/aromatic N) is 3. The topological polar surface area (TPSA) is 58.8 Å². The SMILES string of the molecule is Cc1noc(C)c1CN1CCC12CCCN(C(=O)C1CCCO1)C2. The van der Waals surface area contributed by atoms with Crippen molar-refractivity contribution in [1.29, 1.82) is 0 Å². The molecule has 0 bridgehead atoms. The molecule has 2 unspecified atom stereocenters. The maximum atomic E-state index is 12.7. The van der Waals surface area contributed by atoms with Crippen LogP contribution in [-0.2, 0) is 16.1 Å². The molecule has 6 nitrogen and oxygen atoms in total. The zero-order chi connectivity index (χ0) is 16.7. The quantitative estimate of drug-likeness (QED) is 0.847. The van der Waals surface area contributed by atoms with Crippen molar-refractivity contribution in [2.45, 2.75) is 64.1 Å². The fraction of sp³-hybridized carbons (Fsp3) is 0.778. The van der Waals surface area contributed by atoms with Crippen molar-refractivity contribution in [1.82, 2.24) is 15.0 Å². The van der Waals surface area contributed by atoms with Gasteiger partial charge in [-0.2, -0.15) is 0 Å². The molecule has 0 radical (unpaired) electrons. The molecule has 1 aromatic rings. The molecule has 3 fully saturated rings. The zero-order valence-corrected chi connectivity index (χ0v) is 14.7. The van der Waals surface area contributed by atoms with E-state index in [1.165, 1.54) is 18.4 Å². The minimum atomic E-state index is -0.198. The van der Waals surface area contributed by atoms with E-state index < -0.39 is 0 Å². The van der Waals surface area contributed by atoms with Crippen molar-refractivity contribution in [3.05, 3.63) is 17.0 Å². The van der Waals surface area contributed by atoms with Crippen molar-refractivity contribution < 1.29 is 14.1 Å². The first-order valence-corrected chi connectivity index (χ1v) is 9.16. The van der Waals surface area contributed by atoms with Gasteiger partial charge in [-0.15, -0.1) is 0 Å². The number of aromatic nitrogens is 1. The molecular formula is C18H27N3O3. The molecule has 24 heavy (non-hydrogen) atoms. The summed E-state index contributed by atoms with van der Waals surface area (Å²) in [5, 5.41) is 4.07. The average Bonchev–Trinajstić information content (AvgIpc) is 3.22. The first-order valence-electron chi connectivity index (χ1n) is 9.16. The third-order valence-corrected chi connectivity index (χ3v) is 6.12. The molecule has 1 aromatic heterocycles. The smallest absolute Gasteiger partial charge is 0.251 e. The summed E-state index contributed by atoms with van der Waals surface area (Å²) in [7, 11) is 0. The summed E-state index contributed by atoms with van der Waals surface area (Å²) >= 11 is 0. The number of piperidine rings is 1. The first-order chi connectivity index (χ1) is 11.6. The number of likely N-dealkylation sites (tertiary alicyclic amines) is 2. The second kappa shape index (κ2) is 6.15. The van der Waals surface area contributed by atoms with E-state index >= 15 is 0 Å². The van der Waals surface area contributed by atoms with Crippen LogP contribution in [0.3, 0.4) is 0 Å². The standard InChI is InChI=1S/C18H27N3O3/c1-13-15(14(2)24-19-13)11-21-9-7-18(21)6-4-8-20(12-18)17(22)16-5-3-10-23-16/h16H,3-12H2,1-2H3. The van der Waals surface area contributed by atoms with Gasteiger partial charge in [-0.25, -0.2) is 0 Å². The fourth-order valence-electron chi connectivity index (χ4n) is 4.49. The van der Waals surface area contributed by atoms with Crippen molar-refractivity contribution >= 4 is 5.91 Å². The molecule has 3 saturated heterocycles. The Bertz CT molecular complexity index is 604. The van der Waals surface area contributed by atoms with E-state index in [-0.39, 0.29) is 17.6 Å². The first kappa shape index (κ1) is 16.1. The number of hydrogen-bond acceptors (Lipinski definition) is 5. The summed E-state index contributed by atoms with van der Waals surface area (Å²) < 4.78 is 10.9. The molecule has 0 aliphatic carbocycles. The monoisotopic (exact) mass is 333 g/mol. The summed E-state index contributed by atoms with van der Waals surface area (Å²) in [6.07, 6.45) is 5.11. The van der Waals surface area contributed by atoms with Crippen LogP contribution >= 0.6 is 0 Å². The van der Waals surface area contributed by atoms with Gasteiger partial charge in [0.05, 0.1) is 5.69 Å². The summed E-state index contributed by atoms with van der Waals surface area (Å²) in [6, 6.07) is 0. The Morgan fingerprint density at radius 2 is 2.17 bits per heavy atom. The normalized spacial score (nSPS) is 30.8. The van der Waals surface area contributed by atoms with Crippen LogP contribution in [0.4, 0.5) is 0 Å². The summed E-state index contributed by atoms with van der Waals surface area (Å²) in [4.78, 5) is 17.3. The minimum absolute atomic E-state index is 0.142. The predicted octanol–water partition coefficient (Wildman–Crippen LogP) is 2.04. The van der Waals surface area contributed by atoms with Gasteiger partial charge in [-0.3, -0.25) is 9.69 Å². The van der Waals surface area contributed by atoms with E-state index in [4.69, 9.17) is 9.26 Å². The third kappa shape index (κ3) is 2.65. The highest BCUT2D eigenvalue weighted by molar-refractivity contribution is 5.81. The Kier molecular flexibility index (Phi) is 4.12. The van der Waals surface area contributed by atoms with Gasteiger partial charge >= 0.3 is 0 Å². The molecule has 4 rings (SSSR count). The number of ether oxygens (including phenoxy) is 1. The van der Waals surface area contributed by atoms with Crippen molar-refractivity contribution in [3.63, 3.8) is 0 Å². The summed E-state index contributed by atoms with van der Waals surface area (Å²) in [6.45, 7) is 8.40. The minimum Gasteiger partial charge on any atom is -0.368 e. The molecule has 1 amide bonds. The van der Waals surface area contributed by atoms with Crippen LogP contribution in [0.1, 0.15) is 49.1 Å². The molecule has 132 valence electrons. The lowest BCUT2D eigenvalue weighted by Gasteiger charge is -2.57. The molecule has 0 saturated carbocycles. The Morgan fingerprint density at radius 1 is 1.29 bits per heavy atom. The highest BCUT2D eigenvalue weighted by atomic mass is 16.5. The lowest BCUT2D eigenvalue weighted by molar-refractivity contribution is -0.150. The largest absolute Gasteiger partial charge is 0.368 e. The van der Waals surface area contributed by atoms with Gasteiger partial charge in [0.1, 0.15) is 11.9 Å². The van der Waals surface area contributed by atoms with Gasteiger partial charge in [0.25, 0.3) is 5.91 Å².